The quantitative estimate of drug-likeness (QED) is 0.628. The first-order valence-electron chi connectivity index (χ1n) is 10.4. The molecule has 0 saturated heterocycles. The number of hydrogen-bond acceptors (Lipinski definition) is 2. The highest BCUT2D eigenvalue weighted by molar-refractivity contribution is 5.93. The van der Waals surface area contributed by atoms with Crippen LogP contribution in [0.3, 0.4) is 0 Å². The molecule has 0 aliphatic rings. The van der Waals surface area contributed by atoms with Crippen LogP contribution in [-0.2, 0) is 11.3 Å². The molecule has 0 spiro atoms. The summed E-state index contributed by atoms with van der Waals surface area (Å²) in [4.78, 5) is 28.3. The largest absolute Gasteiger partial charge is 0.345 e. The van der Waals surface area contributed by atoms with E-state index in [4.69, 9.17) is 0 Å². The minimum Gasteiger partial charge on any atom is -0.345 e. The van der Waals surface area contributed by atoms with Gasteiger partial charge in [-0.05, 0) is 47.6 Å². The summed E-state index contributed by atoms with van der Waals surface area (Å²) in [7, 11) is 3.48. The van der Waals surface area contributed by atoms with Crippen LogP contribution in [-0.4, -0.2) is 42.3 Å². The van der Waals surface area contributed by atoms with Crippen molar-refractivity contribution in [1.82, 2.24) is 9.80 Å². The van der Waals surface area contributed by atoms with Crippen molar-refractivity contribution < 1.29 is 9.59 Å². The average molecular weight is 395 g/mol. The molecule has 4 heteroatoms. The lowest BCUT2D eigenvalue weighted by molar-refractivity contribution is -0.131. The number of rotatable bonds is 8. The summed E-state index contributed by atoms with van der Waals surface area (Å²) in [5.41, 5.74) is 4.21. The van der Waals surface area contributed by atoms with Crippen LogP contribution in [0.4, 0.5) is 0 Å². The van der Waals surface area contributed by atoms with Crippen molar-refractivity contribution in [3.63, 3.8) is 0 Å². The van der Waals surface area contributed by atoms with Crippen molar-refractivity contribution in [3.8, 4) is 0 Å². The Morgan fingerprint density at radius 3 is 1.90 bits per heavy atom. The maximum absolute atomic E-state index is 12.9. The van der Waals surface area contributed by atoms with E-state index < -0.39 is 0 Å². The normalized spacial score (nSPS) is 12.0. The average Bonchev–Trinajstić information content (AvgIpc) is 2.71. The zero-order valence-electron chi connectivity index (χ0n) is 18.6. The molecule has 2 aromatic carbocycles. The summed E-state index contributed by atoms with van der Waals surface area (Å²) in [5.74, 6) is 0.826. The van der Waals surface area contributed by atoms with E-state index in [9.17, 15) is 9.59 Å². The van der Waals surface area contributed by atoms with E-state index in [0.717, 1.165) is 5.56 Å². The Bertz CT molecular complexity index is 808. The van der Waals surface area contributed by atoms with Gasteiger partial charge in [0.2, 0.25) is 5.91 Å². The van der Waals surface area contributed by atoms with E-state index in [0.29, 0.717) is 31.0 Å². The molecule has 4 nitrogen and oxygen atoms in total. The number of benzene rings is 2. The van der Waals surface area contributed by atoms with E-state index in [-0.39, 0.29) is 17.7 Å². The second kappa shape index (κ2) is 10.2. The summed E-state index contributed by atoms with van der Waals surface area (Å²) >= 11 is 0. The molecule has 0 aliphatic heterocycles. The van der Waals surface area contributed by atoms with Gasteiger partial charge >= 0.3 is 0 Å². The van der Waals surface area contributed by atoms with Gasteiger partial charge in [0.15, 0.2) is 0 Å². The maximum Gasteiger partial charge on any atom is 0.253 e. The summed E-state index contributed by atoms with van der Waals surface area (Å²) in [6, 6.07) is 16.1. The summed E-state index contributed by atoms with van der Waals surface area (Å²) < 4.78 is 0. The molecule has 29 heavy (non-hydrogen) atoms. The lowest BCUT2D eigenvalue weighted by Crippen LogP contribution is -2.31. The molecule has 0 aliphatic carbocycles. The molecule has 156 valence electrons. The number of carbonyl (C=O) groups excluding carboxylic acids is 2. The Balaban J connectivity index is 2.00. The van der Waals surface area contributed by atoms with Crippen molar-refractivity contribution >= 4 is 11.8 Å². The smallest absolute Gasteiger partial charge is 0.253 e. The fourth-order valence-electron chi connectivity index (χ4n) is 3.33. The fourth-order valence-corrected chi connectivity index (χ4v) is 3.33. The van der Waals surface area contributed by atoms with Gasteiger partial charge in [-0.1, -0.05) is 57.2 Å². The Morgan fingerprint density at radius 2 is 1.41 bits per heavy atom. The zero-order chi connectivity index (χ0) is 21.6. The van der Waals surface area contributed by atoms with Crippen LogP contribution in [0.25, 0.3) is 0 Å². The fraction of sp³-hybridized carbons (Fsp3) is 0.440. The molecule has 2 rings (SSSR count). The zero-order valence-corrected chi connectivity index (χ0v) is 18.6. The van der Waals surface area contributed by atoms with Gasteiger partial charge in [-0.25, -0.2) is 0 Å². The van der Waals surface area contributed by atoms with Crippen LogP contribution >= 0.6 is 0 Å². The molecule has 0 aromatic heterocycles. The molecule has 0 radical (unpaired) electrons. The van der Waals surface area contributed by atoms with Crippen molar-refractivity contribution in [2.24, 2.45) is 0 Å². The molecule has 2 aromatic rings. The molecule has 0 fully saturated rings. The highest BCUT2D eigenvalue weighted by Gasteiger charge is 2.17. The van der Waals surface area contributed by atoms with Crippen molar-refractivity contribution in [2.45, 2.75) is 52.5 Å². The van der Waals surface area contributed by atoms with Crippen molar-refractivity contribution in [3.05, 3.63) is 70.8 Å². The van der Waals surface area contributed by atoms with Gasteiger partial charge in [0.25, 0.3) is 5.91 Å². The summed E-state index contributed by atoms with van der Waals surface area (Å²) in [5, 5.41) is 0. The van der Waals surface area contributed by atoms with Crippen molar-refractivity contribution in [1.29, 1.82) is 0 Å². The van der Waals surface area contributed by atoms with Crippen LogP contribution in [0.2, 0.25) is 0 Å². The van der Waals surface area contributed by atoms with Crippen LogP contribution in [0.1, 0.15) is 73.0 Å². The molecule has 0 heterocycles. The Labute approximate surface area is 175 Å². The SMILES string of the molecule is CCN(Cc1ccc(C(=O)N(C)C)cc1)C(=O)C[C@@H](C)c1ccc(C(C)C)cc1. The molecular formula is C25H34N2O2. The van der Waals surface area contributed by atoms with E-state index in [1.54, 1.807) is 19.0 Å². The number of amides is 2. The molecule has 2 amide bonds. The highest BCUT2D eigenvalue weighted by atomic mass is 16.2. The number of nitrogens with zero attached hydrogens (tertiary/aromatic N) is 2. The predicted molar refractivity (Wildman–Crippen MR) is 119 cm³/mol. The van der Waals surface area contributed by atoms with Gasteiger partial charge < -0.3 is 9.80 Å². The Morgan fingerprint density at radius 1 is 0.862 bits per heavy atom. The summed E-state index contributed by atoms with van der Waals surface area (Å²) in [6.45, 7) is 9.71. The first-order chi connectivity index (χ1) is 13.7. The lowest BCUT2D eigenvalue weighted by atomic mass is 9.94. The topological polar surface area (TPSA) is 40.6 Å². The first-order valence-corrected chi connectivity index (χ1v) is 10.4. The molecule has 0 bridgehead atoms. The summed E-state index contributed by atoms with van der Waals surface area (Å²) in [6.07, 6.45) is 0.492. The lowest BCUT2D eigenvalue weighted by Gasteiger charge is -2.23. The minimum absolute atomic E-state index is 0.0164. The van der Waals surface area contributed by atoms with Crippen LogP contribution < -0.4 is 0 Å². The second-order valence-corrected chi connectivity index (χ2v) is 8.23. The van der Waals surface area contributed by atoms with Crippen LogP contribution in [0, 0.1) is 0 Å². The minimum atomic E-state index is -0.0164. The molecule has 0 N–H and O–H groups in total. The van der Waals surface area contributed by atoms with Gasteiger partial charge in [0, 0.05) is 39.2 Å². The van der Waals surface area contributed by atoms with E-state index in [1.165, 1.54) is 11.1 Å². The molecule has 0 saturated carbocycles. The Hall–Kier alpha value is -2.62. The first kappa shape index (κ1) is 22.7. The van der Waals surface area contributed by atoms with E-state index in [1.807, 2.05) is 36.1 Å². The van der Waals surface area contributed by atoms with E-state index in [2.05, 4.69) is 45.0 Å². The van der Waals surface area contributed by atoms with E-state index >= 15 is 0 Å². The number of carbonyl (C=O) groups is 2. The second-order valence-electron chi connectivity index (χ2n) is 8.23. The van der Waals surface area contributed by atoms with Gasteiger partial charge in [0.1, 0.15) is 0 Å². The van der Waals surface area contributed by atoms with Crippen LogP contribution in [0.15, 0.2) is 48.5 Å². The highest BCUT2D eigenvalue weighted by Crippen LogP contribution is 2.23. The van der Waals surface area contributed by atoms with Gasteiger partial charge in [-0.15, -0.1) is 0 Å². The standard InChI is InChI=1S/C25H34N2O2/c1-7-27(17-20-8-10-23(11-9-20)25(29)26(5)6)24(28)16-19(4)22-14-12-21(13-15-22)18(2)3/h8-15,18-19H,7,16-17H2,1-6H3/t19-/m1/s1. The third kappa shape index (κ3) is 6.18. The number of hydrogen-bond donors (Lipinski definition) is 0. The maximum atomic E-state index is 12.9. The monoisotopic (exact) mass is 394 g/mol. The predicted octanol–water partition coefficient (Wildman–Crippen LogP) is 5.05. The third-order valence-electron chi connectivity index (χ3n) is 5.37. The van der Waals surface area contributed by atoms with Gasteiger partial charge in [0.05, 0.1) is 0 Å². The van der Waals surface area contributed by atoms with Crippen LogP contribution in [0.5, 0.6) is 0 Å². The molecule has 0 unspecified atom stereocenters. The molecular weight excluding hydrogens is 360 g/mol. The molecule has 1 atom stereocenters. The Kier molecular flexibility index (Phi) is 8.00. The van der Waals surface area contributed by atoms with Gasteiger partial charge in [-0.2, -0.15) is 0 Å². The third-order valence-corrected chi connectivity index (χ3v) is 5.37. The van der Waals surface area contributed by atoms with Gasteiger partial charge in [-0.3, -0.25) is 9.59 Å². The van der Waals surface area contributed by atoms with Crippen molar-refractivity contribution in [2.75, 3.05) is 20.6 Å².